The first-order valence-electron chi connectivity index (χ1n) is 5.39. The van der Waals surface area contributed by atoms with Crippen LogP contribution in [-0.2, 0) is 0 Å². The van der Waals surface area contributed by atoms with Crippen LogP contribution < -0.4 is 10.6 Å². The van der Waals surface area contributed by atoms with Crippen LogP contribution in [0.5, 0.6) is 0 Å². The first-order chi connectivity index (χ1) is 5.95. The molecule has 0 amide bonds. The molecule has 0 aromatic carbocycles. The minimum Gasteiger partial charge on any atom is -0.317 e. The normalized spacial score (nSPS) is 27.0. The third kappa shape index (κ3) is 2.20. The van der Waals surface area contributed by atoms with Crippen LogP contribution in [0.4, 0.5) is 0 Å². The quantitative estimate of drug-likeness (QED) is 0.660. The van der Waals surface area contributed by atoms with Crippen LogP contribution in [0.1, 0.15) is 32.1 Å². The molecule has 0 aromatic rings. The van der Waals surface area contributed by atoms with Crippen molar-refractivity contribution in [3.63, 3.8) is 0 Å². The van der Waals surface area contributed by atoms with Crippen molar-refractivity contribution in [3.8, 4) is 0 Å². The maximum atomic E-state index is 3.66. The lowest BCUT2D eigenvalue weighted by Gasteiger charge is -2.30. The van der Waals surface area contributed by atoms with E-state index in [0.717, 1.165) is 12.0 Å². The highest BCUT2D eigenvalue weighted by molar-refractivity contribution is 4.79. The van der Waals surface area contributed by atoms with E-state index in [1.165, 1.54) is 51.7 Å². The Labute approximate surface area is 75.1 Å². The molecule has 0 unspecified atom stereocenters. The largest absolute Gasteiger partial charge is 0.317 e. The van der Waals surface area contributed by atoms with Crippen LogP contribution in [0.25, 0.3) is 0 Å². The summed E-state index contributed by atoms with van der Waals surface area (Å²) < 4.78 is 0. The summed E-state index contributed by atoms with van der Waals surface area (Å²) in [6.07, 6.45) is 7.04. The van der Waals surface area contributed by atoms with Gasteiger partial charge >= 0.3 is 0 Å². The van der Waals surface area contributed by atoms with E-state index < -0.39 is 0 Å². The van der Waals surface area contributed by atoms with E-state index in [2.05, 4.69) is 10.6 Å². The number of hydrogen-bond acceptors (Lipinski definition) is 2. The van der Waals surface area contributed by atoms with Crippen molar-refractivity contribution in [1.29, 1.82) is 0 Å². The van der Waals surface area contributed by atoms with Crippen molar-refractivity contribution in [2.24, 2.45) is 5.92 Å². The first kappa shape index (κ1) is 8.52. The molecule has 1 saturated carbocycles. The second-order valence-corrected chi connectivity index (χ2v) is 4.23. The van der Waals surface area contributed by atoms with E-state index in [1.807, 2.05) is 0 Å². The average molecular weight is 168 g/mol. The molecule has 2 rings (SSSR count). The Bertz CT molecular complexity index is 126. The highest BCUT2D eigenvalue weighted by Gasteiger charge is 2.19. The molecular weight excluding hydrogens is 148 g/mol. The molecule has 12 heavy (non-hydrogen) atoms. The summed E-state index contributed by atoms with van der Waals surface area (Å²) in [5.74, 6) is 0.951. The molecule has 0 radical (unpaired) electrons. The fourth-order valence-electron chi connectivity index (χ4n) is 2.03. The third-order valence-electron chi connectivity index (χ3n) is 3.26. The van der Waals surface area contributed by atoms with Gasteiger partial charge in [0, 0.05) is 6.04 Å². The minimum atomic E-state index is 0.875. The molecule has 70 valence electrons. The van der Waals surface area contributed by atoms with Crippen LogP contribution >= 0.6 is 0 Å². The van der Waals surface area contributed by atoms with Crippen molar-refractivity contribution in [1.82, 2.24) is 10.6 Å². The van der Waals surface area contributed by atoms with Crippen LogP contribution in [0.2, 0.25) is 0 Å². The van der Waals surface area contributed by atoms with Gasteiger partial charge in [0.2, 0.25) is 0 Å². The van der Waals surface area contributed by atoms with Crippen molar-refractivity contribution in [2.45, 2.75) is 38.1 Å². The van der Waals surface area contributed by atoms with E-state index in [0.29, 0.717) is 0 Å². The predicted octanol–water partition coefficient (Wildman–Crippen LogP) is 1.13. The molecule has 2 fully saturated rings. The Kier molecular flexibility index (Phi) is 3.01. The highest BCUT2D eigenvalue weighted by atomic mass is 14.9. The topological polar surface area (TPSA) is 24.1 Å². The fraction of sp³-hybridized carbons (Fsp3) is 1.00. The second kappa shape index (κ2) is 4.24. The molecule has 1 saturated heterocycles. The smallest absolute Gasteiger partial charge is 0.00671 e. The van der Waals surface area contributed by atoms with Crippen LogP contribution in [0.15, 0.2) is 0 Å². The summed E-state index contributed by atoms with van der Waals surface area (Å²) >= 11 is 0. The predicted molar refractivity (Wildman–Crippen MR) is 51.2 cm³/mol. The molecule has 0 bridgehead atoms. The Balaban J connectivity index is 1.58. The van der Waals surface area contributed by atoms with E-state index in [4.69, 9.17) is 0 Å². The molecule has 0 spiro atoms. The van der Waals surface area contributed by atoms with Gasteiger partial charge in [-0.25, -0.2) is 0 Å². The van der Waals surface area contributed by atoms with Crippen molar-refractivity contribution >= 4 is 0 Å². The van der Waals surface area contributed by atoms with Gasteiger partial charge in [0.25, 0.3) is 0 Å². The third-order valence-corrected chi connectivity index (χ3v) is 3.26. The molecule has 2 N–H and O–H groups in total. The van der Waals surface area contributed by atoms with Gasteiger partial charge in [0.1, 0.15) is 0 Å². The van der Waals surface area contributed by atoms with Crippen molar-refractivity contribution < 1.29 is 0 Å². The number of nitrogens with one attached hydrogen (secondary N) is 2. The molecule has 2 aliphatic rings. The highest BCUT2D eigenvalue weighted by Crippen LogP contribution is 2.19. The fourth-order valence-corrected chi connectivity index (χ4v) is 2.03. The maximum Gasteiger partial charge on any atom is 0.00671 e. The van der Waals surface area contributed by atoms with E-state index in [9.17, 15) is 0 Å². The van der Waals surface area contributed by atoms with Crippen LogP contribution in [0, 0.1) is 5.92 Å². The van der Waals surface area contributed by atoms with Crippen LogP contribution in [0.3, 0.4) is 0 Å². The first-order valence-corrected chi connectivity index (χ1v) is 5.39. The number of piperidine rings is 1. The van der Waals surface area contributed by atoms with Gasteiger partial charge < -0.3 is 10.6 Å². The van der Waals surface area contributed by atoms with Crippen molar-refractivity contribution in [2.75, 3.05) is 19.6 Å². The van der Waals surface area contributed by atoms with E-state index in [-0.39, 0.29) is 0 Å². The maximum absolute atomic E-state index is 3.66. The number of rotatable bonds is 3. The van der Waals surface area contributed by atoms with Gasteiger partial charge in [0.05, 0.1) is 0 Å². The summed E-state index contributed by atoms with van der Waals surface area (Å²) in [7, 11) is 0. The lowest BCUT2D eigenvalue weighted by atomic mass is 9.91. The van der Waals surface area contributed by atoms with Crippen molar-refractivity contribution in [3.05, 3.63) is 0 Å². The zero-order valence-corrected chi connectivity index (χ0v) is 7.81. The Morgan fingerprint density at radius 3 is 2.42 bits per heavy atom. The SMILES string of the molecule is C1CC(NCC2CCNCC2)C1. The molecule has 2 nitrogen and oxygen atoms in total. The monoisotopic (exact) mass is 168 g/mol. The summed E-state index contributed by atoms with van der Waals surface area (Å²) in [6.45, 7) is 3.74. The molecule has 1 aliphatic heterocycles. The lowest BCUT2D eigenvalue weighted by Crippen LogP contribution is -2.40. The van der Waals surface area contributed by atoms with Gasteiger partial charge in [-0.2, -0.15) is 0 Å². The van der Waals surface area contributed by atoms with Gasteiger partial charge in [-0.3, -0.25) is 0 Å². The molecule has 0 aromatic heterocycles. The minimum absolute atomic E-state index is 0.875. The second-order valence-electron chi connectivity index (χ2n) is 4.23. The Hall–Kier alpha value is -0.0800. The summed E-state index contributed by atoms with van der Waals surface area (Å²) in [4.78, 5) is 0. The van der Waals surface area contributed by atoms with Gasteiger partial charge in [-0.1, -0.05) is 6.42 Å². The molecule has 1 heterocycles. The molecule has 2 heteroatoms. The van der Waals surface area contributed by atoms with E-state index in [1.54, 1.807) is 0 Å². The van der Waals surface area contributed by atoms with Gasteiger partial charge in [-0.05, 0) is 51.2 Å². The van der Waals surface area contributed by atoms with E-state index >= 15 is 0 Å². The van der Waals surface area contributed by atoms with Gasteiger partial charge in [0.15, 0.2) is 0 Å². The zero-order chi connectivity index (χ0) is 8.23. The Morgan fingerprint density at radius 1 is 1.08 bits per heavy atom. The average Bonchev–Trinajstić information content (AvgIpc) is 2.04. The van der Waals surface area contributed by atoms with Crippen LogP contribution in [-0.4, -0.2) is 25.7 Å². The molecular formula is C10H20N2. The summed E-state index contributed by atoms with van der Waals surface area (Å²) in [5, 5.41) is 7.06. The van der Waals surface area contributed by atoms with Gasteiger partial charge in [-0.15, -0.1) is 0 Å². The lowest BCUT2D eigenvalue weighted by molar-refractivity contribution is 0.288. The molecule has 1 aliphatic carbocycles. The summed E-state index contributed by atoms with van der Waals surface area (Å²) in [5.41, 5.74) is 0. The summed E-state index contributed by atoms with van der Waals surface area (Å²) in [6, 6.07) is 0.875. The zero-order valence-electron chi connectivity index (χ0n) is 7.81. The Morgan fingerprint density at radius 2 is 1.83 bits per heavy atom. The number of hydrogen-bond donors (Lipinski definition) is 2. The standard InChI is InChI=1S/C10H20N2/c1-2-10(3-1)12-8-9-4-6-11-7-5-9/h9-12H,1-8H2. The molecule has 0 atom stereocenters.